The number of methoxy groups -OCH3 is 1. The molecule has 1 heterocycles. The summed E-state index contributed by atoms with van der Waals surface area (Å²) in [7, 11) is 1.61. The molecule has 28 heavy (non-hydrogen) atoms. The van der Waals surface area contributed by atoms with Crippen molar-refractivity contribution in [1.82, 2.24) is 0 Å². The first-order chi connectivity index (χ1) is 13.6. The number of rotatable bonds is 8. The van der Waals surface area contributed by atoms with E-state index in [0.29, 0.717) is 36.1 Å². The number of hydrogen-bond acceptors (Lipinski definition) is 5. The average molecular weight is 398 g/mol. The Morgan fingerprint density at radius 2 is 1.79 bits per heavy atom. The fourth-order valence-electron chi connectivity index (χ4n) is 2.41. The third kappa shape index (κ3) is 5.73. The van der Waals surface area contributed by atoms with Crippen molar-refractivity contribution in [3.05, 3.63) is 65.5 Å². The number of amides is 2. The lowest BCUT2D eigenvalue weighted by Gasteiger charge is -2.14. The second-order valence-corrected chi connectivity index (χ2v) is 7.20. The van der Waals surface area contributed by atoms with Crippen LogP contribution in [0, 0.1) is 6.92 Å². The van der Waals surface area contributed by atoms with Gasteiger partial charge in [-0.05, 0) is 43.3 Å². The van der Waals surface area contributed by atoms with E-state index in [1.165, 1.54) is 11.3 Å². The summed E-state index contributed by atoms with van der Waals surface area (Å²) in [6, 6.07) is 18.2. The van der Waals surface area contributed by atoms with Crippen LogP contribution in [-0.4, -0.2) is 26.4 Å². The van der Waals surface area contributed by atoms with Crippen LogP contribution in [0.5, 0.6) is 17.2 Å². The molecule has 0 saturated heterocycles. The molecule has 0 radical (unpaired) electrons. The number of anilines is 2. The van der Waals surface area contributed by atoms with E-state index in [4.69, 9.17) is 14.2 Å². The highest BCUT2D eigenvalue weighted by atomic mass is 32.1. The van der Waals surface area contributed by atoms with Crippen LogP contribution < -0.4 is 20.1 Å². The Bertz CT molecular complexity index is 912. The van der Waals surface area contributed by atoms with E-state index in [0.717, 1.165) is 9.88 Å². The number of nitrogens with one attached hydrogen (secondary N) is 2. The maximum atomic E-state index is 12.2. The van der Waals surface area contributed by atoms with Crippen molar-refractivity contribution in [2.45, 2.75) is 6.92 Å². The molecular weight excluding hydrogens is 376 g/mol. The largest absolute Gasteiger partial charge is 0.487 e. The minimum absolute atomic E-state index is 0.318. The van der Waals surface area contributed by atoms with Crippen LogP contribution in [-0.2, 0) is 4.74 Å². The van der Waals surface area contributed by atoms with Crippen LogP contribution in [0.1, 0.15) is 4.88 Å². The molecule has 1 aromatic heterocycles. The van der Waals surface area contributed by atoms with Gasteiger partial charge < -0.3 is 19.5 Å². The van der Waals surface area contributed by atoms with Gasteiger partial charge in [0.2, 0.25) is 0 Å². The second kappa shape index (κ2) is 9.77. The molecular formula is C21H22N2O4S. The molecule has 0 aliphatic carbocycles. The highest BCUT2D eigenvalue weighted by molar-refractivity contribution is 7.16. The molecule has 0 saturated carbocycles. The van der Waals surface area contributed by atoms with Crippen molar-refractivity contribution in [1.29, 1.82) is 0 Å². The van der Waals surface area contributed by atoms with Crippen molar-refractivity contribution in [3.8, 4) is 17.2 Å². The smallest absolute Gasteiger partial charge is 0.324 e. The number of thiophene rings is 1. The molecule has 0 aliphatic rings. The molecule has 0 bridgehead atoms. The highest BCUT2D eigenvalue weighted by Crippen LogP contribution is 2.34. The first kappa shape index (κ1) is 19.7. The van der Waals surface area contributed by atoms with Gasteiger partial charge in [0.05, 0.1) is 11.6 Å². The summed E-state index contributed by atoms with van der Waals surface area (Å²) in [6.45, 7) is 2.80. The molecule has 2 N–H and O–H groups in total. The molecule has 0 fully saturated rings. The lowest BCUT2D eigenvalue weighted by atomic mass is 10.2. The van der Waals surface area contributed by atoms with Gasteiger partial charge in [-0.2, -0.15) is 0 Å². The monoisotopic (exact) mass is 398 g/mol. The number of benzene rings is 2. The van der Waals surface area contributed by atoms with Crippen molar-refractivity contribution in [2.24, 2.45) is 0 Å². The Labute approximate surface area is 168 Å². The fraction of sp³-hybridized carbons (Fsp3) is 0.190. The zero-order chi connectivity index (χ0) is 19.8. The highest BCUT2D eigenvalue weighted by Gasteiger charge is 2.11. The van der Waals surface area contributed by atoms with E-state index in [9.17, 15) is 4.79 Å². The summed E-state index contributed by atoms with van der Waals surface area (Å²) in [4.78, 5) is 13.4. The van der Waals surface area contributed by atoms with Crippen molar-refractivity contribution >= 4 is 28.1 Å². The fourth-order valence-corrected chi connectivity index (χ4v) is 3.17. The van der Waals surface area contributed by atoms with E-state index in [1.54, 1.807) is 25.3 Å². The molecule has 2 amide bonds. The normalized spacial score (nSPS) is 10.4. The molecule has 2 aromatic carbocycles. The predicted molar refractivity (Wildman–Crippen MR) is 112 cm³/mol. The third-order valence-electron chi connectivity index (χ3n) is 3.69. The molecule has 0 aliphatic heterocycles. The van der Waals surface area contributed by atoms with E-state index >= 15 is 0 Å². The molecule has 146 valence electrons. The summed E-state index contributed by atoms with van der Waals surface area (Å²) < 4.78 is 16.7. The SMILES string of the molecule is COCCOc1cc(NC(=O)Nc2ccc(C)s2)ccc1Oc1ccccc1. The Balaban J connectivity index is 1.72. The van der Waals surface area contributed by atoms with Crippen LogP contribution in [0.25, 0.3) is 0 Å². The van der Waals surface area contributed by atoms with E-state index in [-0.39, 0.29) is 6.03 Å². The second-order valence-electron chi connectivity index (χ2n) is 5.91. The number of carbonyl (C=O) groups excluding carboxylic acids is 1. The summed E-state index contributed by atoms with van der Waals surface area (Å²) in [5.74, 6) is 1.78. The number of hydrogen-bond donors (Lipinski definition) is 2. The van der Waals surface area contributed by atoms with Gasteiger partial charge in [0, 0.05) is 23.7 Å². The standard InChI is InChI=1S/C21H22N2O4S/c1-15-8-11-20(28-15)23-21(24)22-16-9-10-18(19(14-16)26-13-12-25-2)27-17-6-4-3-5-7-17/h3-11,14H,12-13H2,1-2H3,(H2,22,23,24). The number of aryl methyl sites for hydroxylation is 1. The third-order valence-corrected chi connectivity index (χ3v) is 4.61. The number of ether oxygens (including phenoxy) is 3. The number of urea groups is 1. The van der Waals surface area contributed by atoms with Crippen molar-refractivity contribution in [3.63, 3.8) is 0 Å². The van der Waals surface area contributed by atoms with Gasteiger partial charge in [0.15, 0.2) is 11.5 Å². The van der Waals surface area contributed by atoms with E-state index < -0.39 is 0 Å². The lowest BCUT2D eigenvalue weighted by molar-refractivity contribution is 0.144. The molecule has 0 unspecified atom stereocenters. The van der Waals surface area contributed by atoms with Gasteiger partial charge in [-0.3, -0.25) is 5.32 Å². The van der Waals surface area contributed by atoms with E-state index in [2.05, 4.69) is 10.6 Å². The summed E-state index contributed by atoms with van der Waals surface area (Å²) in [5.41, 5.74) is 0.596. The maximum Gasteiger partial charge on any atom is 0.324 e. The molecule has 3 rings (SSSR count). The lowest BCUT2D eigenvalue weighted by Crippen LogP contribution is -2.18. The number of carbonyl (C=O) groups is 1. The van der Waals surface area contributed by atoms with Gasteiger partial charge >= 0.3 is 6.03 Å². The summed E-state index contributed by atoms with van der Waals surface area (Å²) in [6.07, 6.45) is 0. The predicted octanol–water partition coefficient (Wildman–Crippen LogP) is 5.52. The Morgan fingerprint density at radius 1 is 0.964 bits per heavy atom. The van der Waals surface area contributed by atoms with Gasteiger partial charge in [0.1, 0.15) is 12.4 Å². The van der Waals surface area contributed by atoms with Gasteiger partial charge in [0.25, 0.3) is 0 Å². The van der Waals surface area contributed by atoms with Gasteiger partial charge in [-0.15, -0.1) is 11.3 Å². The quantitative estimate of drug-likeness (QED) is 0.490. The van der Waals surface area contributed by atoms with Gasteiger partial charge in [-0.1, -0.05) is 18.2 Å². The van der Waals surface area contributed by atoms with Crippen LogP contribution in [0.15, 0.2) is 60.7 Å². The molecule has 6 nitrogen and oxygen atoms in total. The average Bonchev–Trinajstić information content (AvgIpc) is 3.09. The topological polar surface area (TPSA) is 68.8 Å². The van der Waals surface area contributed by atoms with E-state index in [1.807, 2.05) is 49.4 Å². The number of para-hydroxylation sites is 1. The molecule has 7 heteroatoms. The Hall–Kier alpha value is -3.03. The molecule has 0 spiro atoms. The Kier molecular flexibility index (Phi) is 6.89. The first-order valence-corrected chi connectivity index (χ1v) is 9.59. The maximum absolute atomic E-state index is 12.2. The zero-order valence-electron chi connectivity index (χ0n) is 15.7. The minimum Gasteiger partial charge on any atom is -0.487 e. The van der Waals surface area contributed by atoms with Crippen LogP contribution in [0.3, 0.4) is 0 Å². The van der Waals surface area contributed by atoms with Crippen LogP contribution in [0.4, 0.5) is 15.5 Å². The molecule has 3 aromatic rings. The first-order valence-electron chi connectivity index (χ1n) is 8.77. The summed E-state index contributed by atoms with van der Waals surface area (Å²) >= 11 is 1.52. The van der Waals surface area contributed by atoms with Crippen molar-refractivity contribution < 1.29 is 19.0 Å². The van der Waals surface area contributed by atoms with Crippen LogP contribution in [0.2, 0.25) is 0 Å². The Morgan fingerprint density at radius 3 is 2.50 bits per heavy atom. The zero-order valence-corrected chi connectivity index (χ0v) is 16.5. The van der Waals surface area contributed by atoms with Gasteiger partial charge in [-0.25, -0.2) is 4.79 Å². The van der Waals surface area contributed by atoms with Crippen molar-refractivity contribution in [2.75, 3.05) is 31.0 Å². The molecule has 0 atom stereocenters. The van der Waals surface area contributed by atoms with Crippen LogP contribution >= 0.6 is 11.3 Å². The minimum atomic E-state index is -0.318. The summed E-state index contributed by atoms with van der Waals surface area (Å²) in [5, 5.41) is 6.41.